The van der Waals surface area contributed by atoms with Gasteiger partial charge in [-0.3, -0.25) is 0 Å². The quantitative estimate of drug-likeness (QED) is 0.839. The predicted octanol–water partition coefficient (Wildman–Crippen LogP) is 1.92. The maximum atomic E-state index is 13.9. The minimum Gasteiger partial charge on any atom is -0.496 e. The number of ether oxygens (including phenoxy) is 1. The van der Waals surface area contributed by atoms with E-state index in [1.54, 1.807) is 19.1 Å². The Morgan fingerprint density at radius 1 is 1.55 bits per heavy atom. The van der Waals surface area contributed by atoms with Crippen LogP contribution in [0.15, 0.2) is 18.2 Å². The van der Waals surface area contributed by atoms with Gasteiger partial charge in [0.1, 0.15) is 11.6 Å². The summed E-state index contributed by atoms with van der Waals surface area (Å²) in [7, 11) is 1.46. The number of urea groups is 1. The highest BCUT2D eigenvalue weighted by Gasteiger charge is 2.20. The van der Waals surface area contributed by atoms with Crippen LogP contribution >= 0.6 is 0 Å². The van der Waals surface area contributed by atoms with Gasteiger partial charge in [-0.25, -0.2) is 9.18 Å². The number of carbonyl (C=O) groups excluding carboxylic acids is 1. The van der Waals surface area contributed by atoms with Gasteiger partial charge in [0.25, 0.3) is 0 Å². The molecular formula is C14H21FN2O3. The number of hydrogen-bond acceptors (Lipinski definition) is 3. The molecule has 1 atom stereocenters. The highest BCUT2D eigenvalue weighted by atomic mass is 19.1. The summed E-state index contributed by atoms with van der Waals surface area (Å²) in [5, 5.41) is 11.6. The third-order valence-corrected chi connectivity index (χ3v) is 3.04. The third-order valence-electron chi connectivity index (χ3n) is 3.04. The van der Waals surface area contributed by atoms with Gasteiger partial charge in [-0.1, -0.05) is 6.07 Å². The second-order valence-corrected chi connectivity index (χ2v) is 4.33. The molecule has 2 N–H and O–H groups in total. The maximum Gasteiger partial charge on any atom is 0.317 e. The summed E-state index contributed by atoms with van der Waals surface area (Å²) in [6.45, 7) is 4.09. The van der Waals surface area contributed by atoms with E-state index in [1.807, 2.05) is 6.92 Å². The second-order valence-electron chi connectivity index (χ2n) is 4.33. The molecule has 0 saturated heterocycles. The first-order valence-electron chi connectivity index (χ1n) is 6.53. The van der Waals surface area contributed by atoms with Crippen molar-refractivity contribution in [2.75, 3.05) is 26.8 Å². The van der Waals surface area contributed by atoms with Crippen molar-refractivity contribution in [2.24, 2.45) is 0 Å². The Balaban J connectivity index is 2.86. The number of aliphatic hydroxyl groups is 1. The van der Waals surface area contributed by atoms with E-state index in [1.165, 1.54) is 18.1 Å². The van der Waals surface area contributed by atoms with Gasteiger partial charge in [0.15, 0.2) is 0 Å². The molecule has 112 valence electrons. The topological polar surface area (TPSA) is 61.8 Å². The van der Waals surface area contributed by atoms with Crippen LogP contribution in [0.4, 0.5) is 9.18 Å². The first-order valence-corrected chi connectivity index (χ1v) is 6.53. The van der Waals surface area contributed by atoms with Gasteiger partial charge in [0.2, 0.25) is 0 Å². The summed E-state index contributed by atoms with van der Waals surface area (Å²) in [4.78, 5) is 13.4. The molecule has 0 heterocycles. The zero-order valence-corrected chi connectivity index (χ0v) is 12.0. The van der Waals surface area contributed by atoms with Gasteiger partial charge in [0, 0.05) is 13.1 Å². The van der Waals surface area contributed by atoms with Gasteiger partial charge in [-0.15, -0.1) is 0 Å². The lowest BCUT2D eigenvalue weighted by Crippen LogP contribution is -2.42. The Morgan fingerprint density at radius 2 is 2.25 bits per heavy atom. The van der Waals surface area contributed by atoms with Gasteiger partial charge >= 0.3 is 6.03 Å². The fourth-order valence-corrected chi connectivity index (χ4v) is 1.99. The molecule has 1 aromatic rings. The number of nitrogens with one attached hydrogen (secondary N) is 1. The van der Waals surface area contributed by atoms with Gasteiger partial charge in [-0.2, -0.15) is 0 Å². The Morgan fingerprint density at radius 3 is 2.80 bits per heavy atom. The molecule has 0 fully saturated rings. The number of amides is 2. The van der Waals surface area contributed by atoms with Crippen LogP contribution < -0.4 is 10.1 Å². The van der Waals surface area contributed by atoms with Gasteiger partial charge in [-0.05, 0) is 26.0 Å². The predicted molar refractivity (Wildman–Crippen MR) is 74.2 cm³/mol. The SMILES string of the molecule is CCN(CCO)C(=O)NC(C)c1c(F)cccc1OC. The van der Waals surface area contributed by atoms with E-state index in [2.05, 4.69) is 5.32 Å². The molecule has 0 spiro atoms. The van der Waals surface area contributed by atoms with Crippen LogP contribution in [0.1, 0.15) is 25.5 Å². The van der Waals surface area contributed by atoms with Crippen molar-refractivity contribution < 1.29 is 19.0 Å². The molecule has 0 aliphatic carbocycles. The maximum absolute atomic E-state index is 13.9. The molecule has 0 bridgehead atoms. The fraction of sp³-hybridized carbons (Fsp3) is 0.500. The number of likely N-dealkylation sites (N-methyl/N-ethyl adjacent to an activating group) is 1. The highest BCUT2D eigenvalue weighted by molar-refractivity contribution is 5.74. The normalized spacial score (nSPS) is 11.8. The van der Waals surface area contributed by atoms with Crippen LogP contribution in [-0.2, 0) is 0 Å². The summed E-state index contributed by atoms with van der Waals surface area (Å²) in [5.41, 5.74) is 0.309. The lowest BCUT2D eigenvalue weighted by Gasteiger charge is -2.24. The lowest BCUT2D eigenvalue weighted by atomic mass is 10.1. The van der Waals surface area contributed by atoms with E-state index in [-0.39, 0.29) is 19.2 Å². The molecule has 5 nitrogen and oxygen atoms in total. The molecule has 1 aromatic carbocycles. The van der Waals surface area contributed by atoms with E-state index in [4.69, 9.17) is 9.84 Å². The number of methoxy groups -OCH3 is 1. The van der Waals surface area contributed by atoms with Crippen molar-refractivity contribution in [1.29, 1.82) is 0 Å². The van der Waals surface area contributed by atoms with Gasteiger partial charge < -0.3 is 20.1 Å². The molecule has 0 radical (unpaired) electrons. The van der Waals surface area contributed by atoms with E-state index in [9.17, 15) is 9.18 Å². The van der Waals surface area contributed by atoms with Crippen molar-refractivity contribution in [3.05, 3.63) is 29.6 Å². The summed E-state index contributed by atoms with van der Waals surface area (Å²) >= 11 is 0. The van der Waals surface area contributed by atoms with Crippen LogP contribution in [-0.4, -0.2) is 42.8 Å². The number of rotatable bonds is 6. The molecule has 0 aliphatic heterocycles. The standard InChI is InChI=1S/C14H21FN2O3/c1-4-17(8-9-18)14(19)16-10(2)13-11(15)6-5-7-12(13)20-3/h5-7,10,18H,4,8-9H2,1-3H3,(H,16,19). The minimum atomic E-state index is -0.536. The summed E-state index contributed by atoms with van der Waals surface area (Å²) < 4.78 is 19.0. The first-order chi connectivity index (χ1) is 9.54. The van der Waals surface area contributed by atoms with Crippen LogP contribution in [0.5, 0.6) is 5.75 Å². The van der Waals surface area contributed by atoms with E-state index < -0.39 is 11.9 Å². The average Bonchev–Trinajstić information content (AvgIpc) is 2.43. The Kier molecular flexibility index (Phi) is 6.24. The number of halogens is 1. The van der Waals surface area contributed by atoms with Crippen LogP contribution in [0.25, 0.3) is 0 Å². The third kappa shape index (κ3) is 3.84. The number of hydrogen-bond donors (Lipinski definition) is 2. The first kappa shape index (κ1) is 16.2. The number of nitrogens with zero attached hydrogens (tertiary/aromatic N) is 1. The van der Waals surface area contributed by atoms with Crippen LogP contribution in [0.2, 0.25) is 0 Å². The summed E-state index contributed by atoms with van der Waals surface area (Å²) in [5.74, 6) is -0.0367. The van der Waals surface area contributed by atoms with Crippen molar-refractivity contribution in [2.45, 2.75) is 19.9 Å². The minimum absolute atomic E-state index is 0.112. The number of aliphatic hydroxyl groups excluding tert-OH is 1. The molecule has 20 heavy (non-hydrogen) atoms. The van der Waals surface area contributed by atoms with Gasteiger partial charge in [0.05, 0.1) is 25.3 Å². The van der Waals surface area contributed by atoms with Crippen molar-refractivity contribution in [3.8, 4) is 5.75 Å². The number of carbonyl (C=O) groups is 1. The molecule has 0 saturated carbocycles. The van der Waals surface area contributed by atoms with Crippen LogP contribution in [0, 0.1) is 5.82 Å². The molecule has 1 rings (SSSR count). The monoisotopic (exact) mass is 284 g/mol. The fourth-order valence-electron chi connectivity index (χ4n) is 1.99. The molecule has 0 aliphatic rings. The molecule has 0 aromatic heterocycles. The van der Waals surface area contributed by atoms with Crippen molar-refractivity contribution in [3.63, 3.8) is 0 Å². The lowest BCUT2D eigenvalue weighted by molar-refractivity contribution is 0.177. The largest absolute Gasteiger partial charge is 0.496 e. The number of benzene rings is 1. The molecule has 2 amide bonds. The second kappa shape index (κ2) is 7.69. The van der Waals surface area contributed by atoms with E-state index >= 15 is 0 Å². The van der Waals surface area contributed by atoms with Crippen molar-refractivity contribution in [1.82, 2.24) is 10.2 Å². The summed E-state index contributed by atoms with van der Waals surface area (Å²) in [6, 6.07) is 3.64. The Labute approximate surface area is 118 Å². The average molecular weight is 284 g/mol. The van der Waals surface area contributed by atoms with E-state index in [0.29, 0.717) is 17.9 Å². The van der Waals surface area contributed by atoms with Crippen molar-refractivity contribution >= 4 is 6.03 Å². The van der Waals surface area contributed by atoms with E-state index in [0.717, 1.165) is 0 Å². The Bertz CT molecular complexity index is 454. The molecular weight excluding hydrogens is 263 g/mol. The summed E-state index contributed by atoms with van der Waals surface area (Å²) in [6.07, 6.45) is 0. The smallest absolute Gasteiger partial charge is 0.317 e. The molecule has 6 heteroatoms. The molecule has 1 unspecified atom stereocenters. The Hall–Kier alpha value is -1.82. The highest BCUT2D eigenvalue weighted by Crippen LogP contribution is 2.27. The zero-order chi connectivity index (χ0) is 15.1. The zero-order valence-electron chi connectivity index (χ0n) is 12.0. The van der Waals surface area contributed by atoms with Crippen LogP contribution in [0.3, 0.4) is 0 Å².